The van der Waals surface area contributed by atoms with Gasteiger partial charge in [0.25, 0.3) is 0 Å². The second-order valence-corrected chi connectivity index (χ2v) is 11.4. The minimum atomic E-state index is -1.07. The maximum absolute atomic E-state index is 15.6. The van der Waals surface area contributed by atoms with Crippen molar-refractivity contribution in [2.45, 2.75) is 52.2 Å². The van der Waals surface area contributed by atoms with Crippen LogP contribution in [0.3, 0.4) is 0 Å². The van der Waals surface area contributed by atoms with Gasteiger partial charge in [-0.05, 0) is 75.8 Å². The highest BCUT2D eigenvalue weighted by atomic mass is 19.1. The smallest absolute Gasteiger partial charge is 0.131 e. The van der Waals surface area contributed by atoms with E-state index in [9.17, 15) is 9.50 Å². The fraction of sp³-hybridized carbons (Fsp3) is 0.375. The molecule has 4 aromatic rings. The van der Waals surface area contributed by atoms with Crippen LogP contribution in [-0.4, -0.2) is 40.1 Å². The number of halogens is 2. The van der Waals surface area contributed by atoms with E-state index in [0.29, 0.717) is 25.3 Å². The number of hydrogen-bond acceptors (Lipinski definition) is 4. The quantitative estimate of drug-likeness (QED) is 0.304. The van der Waals surface area contributed by atoms with E-state index in [1.807, 2.05) is 31.3 Å². The third kappa shape index (κ3) is 4.47. The fourth-order valence-corrected chi connectivity index (χ4v) is 6.26. The molecule has 1 N–H and O–H groups in total. The number of pyridine rings is 1. The topological polar surface area (TPSA) is 59.6 Å². The first-order chi connectivity index (χ1) is 18.6. The molecule has 0 saturated carbocycles. The first-order valence-electron chi connectivity index (χ1n) is 13.5. The molecule has 0 amide bonds. The van der Waals surface area contributed by atoms with Crippen molar-refractivity contribution in [3.63, 3.8) is 0 Å². The molecule has 0 bridgehead atoms. The van der Waals surface area contributed by atoms with Crippen molar-refractivity contribution in [1.82, 2.24) is 9.55 Å². The molecule has 0 aliphatic carbocycles. The second kappa shape index (κ2) is 9.65. The molecule has 0 radical (unpaired) electrons. The number of aromatic nitrogens is 2. The number of aliphatic imine (C=N–C) groups is 1. The van der Waals surface area contributed by atoms with Gasteiger partial charge in [-0.15, -0.1) is 0 Å². The molecule has 2 aliphatic rings. The van der Waals surface area contributed by atoms with Crippen molar-refractivity contribution in [1.29, 1.82) is 0 Å². The standard InChI is InChI=1S/C32H33F2N3O2/c1-18-16-35-19(2)29(18)21-13-28-30(36-17-21)25-7-5-22(32(3,4)38)14-27(25)37(28)31(20-9-11-39-12-10-20)24-8-6-23(33)15-26(24)34/h5-8,13-15,17,20,31,38H,9-12,16H2,1-4H3. The van der Waals surface area contributed by atoms with Gasteiger partial charge >= 0.3 is 0 Å². The van der Waals surface area contributed by atoms with Gasteiger partial charge in [-0.1, -0.05) is 18.2 Å². The van der Waals surface area contributed by atoms with Crippen molar-refractivity contribution >= 4 is 33.2 Å². The van der Waals surface area contributed by atoms with E-state index < -0.39 is 23.3 Å². The van der Waals surface area contributed by atoms with E-state index in [0.717, 1.165) is 63.3 Å². The average Bonchev–Trinajstić information content (AvgIpc) is 3.41. The molecular formula is C32H33F2N3O2. The third-order valence-corrected chi connectivity index (χ3v) is 8.25. The molecule has 1 saturated heterocycles. The average molecular weight is 530 g/mol. The molecule has 0 spiro atoms. The predicted octanol–water partition coefficient (Wildman–Crippen LogP) is 6.96. The highest BCUT2D eigenvalue weighted by Crippen LogP contribution is 2.42. The van der Waals surface area contributed by atoms with E-state index in [1.165, 1.54) is 11.6 Å². The van der Waals surface area contributed by atoms with Crippen LogP contribution in [0.1, 0.15) is 63.3 Å². The van der Waals surface area contributed by atoms with E-state index >= 15 is 4.39 Å². The summed E-state index contributed by atoms with van der Waals surface area (Å²) in [4.78, 5) is 9.56. The summed E-state index contributed by atoms with van der Waals surface area (Å²) >= 11 is 0. The Kier molecular flexibility index (Phi) is 6.39. The normalized spacial score (nSPS) is 17.9. The van der Waals surface area contributed by atoms with Crippen LogP contribution in [-0.2, 0) is 10.3 Å². The summed E-state index contributed by atoms with van der Waals surface area (Å²) in [5.41, 5.74) is 6.89. The molecule has 7 heteroatoms. The number of ether oxygens (including phenoxy) is 1. The Balaban J connectivity index is 1.70. The Morgan fingerprint density at radius 2 is 1.79 bits per heavy atom. The van der Waals surface area contributed by atoms with Crippen molar-refractivity contribution in [2.24, 2.45) is 10.9 Å². The Labute approximate surface area is 226 Å². The van der Waals surface area contributed by atoms with Gasteiger partial charge in [0.2, 0.25) is 0 Å². The van der Waals surface area contributed by atoms with Gasteiger partial charge in [0.15, 0.2) is 0 Å². The molecule has 202 valence electrons. The first kappa shape index (κ1) is 25.8. The lowest BCUT2D eigenvalue weighted by Gasteiger charge is -2.33. The lowest BCUT2D eigenvalue weighted by molar-refractivity contribution is 0.0548. The van der Waals surface area contributed by atoms with Crippen molar-refractivity contribution in [2.75, 3.05) is 19.8 Å². The Morgan fingerprint density at radius 3 is 2.46 bits per heavy atom. The fourth-order valence-electron chi connectivity index (χ4n) is 6.26. The van der Waals surface area contributed by atoms with E-state index in [1.54, 1.807) is 19.9 Å². The molecule has 2 aromatic carbocycles. The van der Waals surface area contributed by atoms with Crippen LogP contribution in [0.2, 0.25) is 0 Å². The highest BCUT2D eigenvalue weighted by Gasteiger charge is 2.33. The first-order valence-corrected chi connectivity index (χ1v) is 13.5. The predicted molar refractivity (Wildman–Crippen MR) is 151 cm³/mol. The second-order valence-electron chi connectivity index (χ2n) is 11.4. The van der Waals surface area contributed by atoms with Gasteiger partial charge in [0, 0.05) is 53.3 Å². The SMILES string of the molecule is CC1=NCC(C)=C1c1cnc2c3ccc(C(C)(C)O)cc3n(C(c3ccc(F)cc3F)C3CCOCC3)c2c1. The summed E-state index contributed by atoms with van der Waals surface area (Å²) < 4.78 is 37.5. The van der Waals surface area contributed by atoms with Crippen molar-refractivity contribution < 1.29 is 18.6 Å². The molecule has 5 nitrogen and oxygen atoms in total. The van der Waals surface area contributed by atoms with Gasteiger partial charge in [-0.2, -0.15) is 0 Å². The molecule has 2 aliphatic heterocycles. The maximum Gasteiger partial charge on any atom is 0.131 e. The largest absolute Gasteiger partial charge is 0.386 e. The Hall–Kier alpha value is -3.42. The molecule has 1 unspecified atom stereocenters. The molecule has 39 heavy (non-hydrogen) atoms. The minimum absolute atomic E-state index is 0.0580. The maximum atomic E-state index is 15.6. The molecule has 6 rings (SSSR count). The summed E-state index contributed by atoms with van der Waals surface area (Å²) in [6, 6.07) is 11.5. The third-order valence-electron chi connectivity index (χ3n) is 8.25. The number of rotatable bonds is 5. The van der Waals surface area contributed by atoms with Crippen molar-refractivity contribution in [3.05, 3.63) is 82.6 Å². The summed E-state index contributed by atoms with van der Waals surface area (Å²) in [5, 5.41) is 11.8. The highest BCUT2D eigenvalue weighted by molar-refractivity contribution is 6.25. The van der Waals surface area contributed by atoms with E-state index in [-0.39, 0.29) is 5.92 Å². The number of allylic oxidation sites excluding steroid dienone is 1. The Bertz CT molecular complexity index is 1660. The van der Waals surface area contributed by atoms with Crippen LogP contribution < -0.4 is 0 Å². The van der Waals surface area contributed by atoms with Gasteiger partial charge in [0.05, 0.1) is 34.7 Å². The lowest BCUT2D eigenvalue weighted by Crippen LogP contribution is -2.27. The van der Waals surface area contributed by atoms with Crippen LogP contribution >= 0.6 is 0 Å². The van der Waals surface area contributed by atoms with Crippen LogP contribution in [0.5, 0.6) is 0 Å². The minimum Gasteiger partial charge on any atom is -0.386 e. The van der Waals surface area contributed by atoms with E-state index in [2.05, 4.69) is 22.5 Å². The zero-order valence-corrected chi connectivity index (χ0v) is 22.8. The molecule has 1 atom stereocenters. The number of nitrogens with zero attached hydrogens (tertiary/aromatic N) is 3. The molecule has 1 fully saturated rings. The van der Waals surface area contributed by atoms with Crippen LogP contribution in [0.25, 0.3) is 27.5 Å². The lowest BCUT2D eigenvalue weighted by atomic mass is 9.86. The van der Waals surface area contributed by atoms with Crippen LogP contribution in [0, 0.1) is 17.6 Å². The van der Waals surface area contributed by atoms with Crippen molar-refractivity contribution in [3.8, 4) is 0 Å². The summed E-state index contributed by atoms with van der Waals surface area (Å²) in [6.45, 7) is 9.45. The van der Waals surface area contributed by atoms with Gasteiger partial charge in [0.1, 0.15) is 11.6 Å². The van der Waals surface area contributed by atoms with Crippen LogP contribution in [0.4, 0.5) is 8.78 Å². The monoisotopic (exact) mass is 529 g/mol. The van der Waals surface area contributed by atoms with Gasteiger partial charge < -0.3 is 14.4 Å². The number of benzene rings is 2. The molecule has 2 aromatic heterocycles. The zero-order valence-electron chi connectivity index (χ0n) is 22.8. The zero-order chi connectivity index (χ0) is 27.5. The van der Waals surface area contributed by atoms with Crippen LogP contribution in [0.15, 0.2) is 59.2 Å². The summed E-state index contributed by atoms with van der Waals surface area (Å²) in [7, 11) is 0. The number of hydrogen-bond donors (Lipinski definition) is 1. The number of fused-ring (bicyclic) bond motifs is 3. The number of aliphatic hydroxyl groups is 1. The molecular weight excluding hydrogens is 496 g/mol. The molecule has 4 heterocycles. The Morgan fingerprint density at radius 1 is 1.03 bits per heavy atom. The van der Waals surface area contributed by atoms with E-state index in [4.69, 9.17) is 9.72 Å². The van der Waals surface area contributed by atoms with Gasteiger partial charge in [-0.3, -0.25) is 9.98 Å². The summed E-state index contributed by atoms with van der Waals surface area (Å²) in [5.74, 6) is -1.11. The summed E-state index contributed by atoms with van der Waals surface area (Å²) in [6.07, 6.45) is 3.38. The van der Waals surface area contributed by atoms with Gasteiger partial charge in [-0.25, -0.2) is 8.78 Å².